The fourth-order valence-corrected chi connectivity index (χ4v) is 2.62. The van der Waals surface area contributed by atoms with Crippen LogP contribution in [0.15, 0.2) is 24.3 Å². The Morgan fingerprint density at radius 1 is 1.19 bits per heavy atom. The lowest BCUT2D eigenvalue weighted by molar-refractivity contribution is -0.144. The molecule has 0 aliphatic carbocycles. The van der Waals surface area contributed by atoms with Gasteiger partial charge in [0.25, 0.3) is 0 Å². The number of para-hydroxylation sites is 1. The molecule has 0 bridgehead atoms. The first kappa shape index (κ1) is 15.5. The molecule has 2 rings (SSSR count). The van der Waals surface area contributed by atoms with Crippen LogP contribution in [-0.2, 0) is 9.59 Å². The molecule has 0 unspecified atom stereocenters. The van der Waals surface area contributed by atoms with Gasteiger partial charge in [0.15, 0.2) is 0 Å². The number of piperidine rings is 1. The van der Waals surface area contributed by atoms with Gasteiger partial charge in [-0.1, -0.05) is 18.2 Å². The van der Waals surface area contributed by atoms with Gasteiger partial charge in [0.05, 0.1) is 0 Å². The molecule has 1 aromatic rings. The highest BCUT2D eigenvalue weighted by molar-refractivity contribution is 6.39. The summed E-state index contributed by atoms with van der Waals surface area (Å²) in [6.07, 6.45) is 1.83. The van der Waals surface area contributed by atoms with E-state index >= 15 is 0 Å². The fraction of sp³-hybridized carbons (Fsp3) is 0.500. The molecule has 2 amide bonds. The molecule has 0 saturated carbocycles. The Morgan fingerprint density at radius 3 is 2.38 bits per heavy atom. The first-order valence-corrected chi connectivity index (χ1v) is 7.31. The molecule has 1 aliphatic heterocycles. The zero-order valence-electron chi connectivity index (χ0n) is 12.9. The number of nitrogens with one attached hydrogen (secondary N) is 1. The highest BCUT2D eigenvalue weighted by Crippen LogP contribution is 2.16. The molecule has 1 heterocycles. The van der Waals surface area contributed by atoms with Crippen molar-refractivity contribution < 1.29 is 9.59 Å². The minimum atomic E-state index is -0.549. The van der Waals surface area contributed by atoms with Gasteiger partial charge in [-0.15, -0.1) is 0 Å². The number of aryl methyl sites for hydroxylation is 1. The monoisotopic (exact) mass is 289 g/mol. The molecular formula is C16H23N3O2. The van der Waals surface area contributed by atoms with E-state index in [9.17, 15) is 9.59 Å². The van der Waals surface area contributed by atoms with Gasteiger partial charge in [-0.3, -0.25) is 9.59 Å². The maximum absolute atomic E-state index is 12.2. The van der Waals surface area contributed by atoms with E-state index < -0.39 is 11.8 Å². The third-order valence-corrected chi connectivity index (χ3v) is 4.07. The summed E-state index contributed by atoms with van der Waals surface area (Å²) in [5.41, 5.74) is 1.64. The Kier molecular flexibility index (Phi) is 4.96. The van der Waals surface area contributed by atoms with Crippen LogP contribution in [0.5, 0.6) is 0 Å². The Balaban J connectivity index is 1.92. The van der Waals surface area contributed by atoms with E-state index in [0.717, 1.165) is 18.4 Å². The van der Waals surface area contributed by atoms with Crippen molar-refractivity contribution >= 4 is 17.5 Å². The summed E-state index contributed by atoms with van der Waals surface area (Å²) in [6.45, 7) is 3.19. The van der Waals surface area contributed by atoms with E-state index in [1.807, 2.05) is 39.2 Å². The SMILES string of the molecule is Cc1ccccc1NC(=O)C(=O)N1CCC(N(C)C)CC1. The third kappa shape index (κ3) is 3.82. The first-order valence-electron chi connectivity index (χ1n) is 7.31. The standard InChI is InChI=1S/C16H23N3O2/c1-12-6-4-5-7-14(12)17-15(20)16(21)19-10-8-13(9-11-19)18(2)3/h4-7,13H,8-11H2,1-3H3,(H,17,20). The van der Waals surface area contributed by atoms with Crippen molar-refractivity contribution in [3.8, 4) is 0 Å². The lowest BCUT2D eigenvalue weighted by Gasteiger charge is -2.34. The third-order valence-electron chi connectivity index (χ3n) is 4.07. The molecule has 5 nitrogen and oxygen atoms in total. The molecule has 0 atom stereocenters. The number of amides is 2. The largest absolute Gasteiger partial charge is 0.334 e. The van der Waals surface area contributed by atoms with Gasteiger partial charge in [-0.05, 0) is 45.5 Å². The number of carbonyl (C=O) groups is 2. The maximum atomic E-state index is 12.2. The molecule has 1 saturated heterocycles. The Bertz CT molecular complexity index is 520. The summed E-state index contributed by atoms with van der Waals surface area (Å²) in [5, 5.41) is 2.70. The van der Waals surface area contributed by atoms with Crippen molar-refractivity contribution in [2.45, 2.75) is 25.8 Å². The van der Waals surface area contributed by atoms with Gasteiger partial charge in [0, 0.05) is 24.8 Å². The molecule has 114 valence electrons. The summed E-state index contributed by atoms with van der Waals surface area (Å²) < 4.78 is 0. The second-order valence-corrected chi connectivity index (χ2v) is 5.76. The van der Waals surface area contributed by atoms with Crippen LogP contribution >= 0.6 is 0 Å². The number of hydrogen-bond donors (Lipinski definition) is 1. The Hall–Kier alpha value is -1.88. The zero-order valence-corrected chi connectivity index (χ0v) is 12.9. The van der Waals surface area contributed by atoms with Crippen molar-refractivity contribution in [3.63, 3.8) is 0 Å². The van der Waals surface area contributed by atoms with Crippen LogP contribution in [-0.4, -0.2) is 54.8 Å². The van der Waals surface area contributed by atoms with Crippen molar-refractivity contribution in [1.82, 2.24) is 9.80 Å². The molecule has 5 heteroatoms. The van der Waals surface area contributed by atoms with Crippen molar-refractivity contribution in [1.29, 1.82) is 0 Å². The van der Waals surface area contributed by atoms with E-state index in [4.69, 9.17) is 0 Å². The maximum Gasteiger partial charge on any atom is 0.313 e. The van der Waals surface area contributed by atoms with Crippen molar-refractivity contribution in [2.75, 3.05) is 32.5 Å². The predicted octanol–water partition coefficient (Wildman–Crippen LogP) is 1.49. The van der Waals surface area contributed by atoms with Gasteiger partial charge < -0.3 is 15.1 Å². The molecule has 0 radical (unpaired) electrons. The van der Waals surface area contributed by atoms with Crippen LogP contribution in [0.4, 0.5) is 5.69 Å². The topological polar surface area (TPSA) is 52.7 Å². The molecule has 1 fully saturated rings. The highest BCUT2D eigenvalue weighted by atomic mass is 16.2. The molecule has 0 spiro atoms. The van der Waals surface area contributed by atoms with Gasteiger partial charge in [-0.25, -0.2) is 0 Å². The number of rotatable bonds is 2. The van der Waals surface area contributed by atoms with Crippen molar-refractivity contribution in [2.24, 2.45) is 0 Å². The first-order chi connectivity index (χ1) is 9.99. The number of nitrogens with zero attached hydrogens (tertiary/aromatic N) is 2. The van der Waals surface area contributed by atoms with E-state index in [-0.39, 0.29) is 0 Å². The second-order valence-electron chi connectivity index (χ2n) is 5.76. The smallest absolute Gasteiger partial charge is 0.313 e. The number of carbonyl (C=O) groups excluding carboxylic acids is 2. The van der Waals surface area contributed by atoms with Crippen LogP contribution in [0.3, 0.4) is 0 Å². The Labute approximate surface area is 125 Å². The van der Waals surface area contributed by atoms with E-state index in [0.29, 0.717) is 24.8 Å². The highest BCUT2D eigenvalue weighted by Gasteiger charge is 2.27. The molecule has 1 aliphatic rings. The average Bonchev–Trinajstić information content (AvgIpc) is 2.49. The lowest BCUT2D eigenvalue weighted by Crippen LogP contribution is -2.47. The molecule has 1 N–H and O–H groups in total. The van der Waals surface area contributed by atoms with Crippen LogP contribution in [0.2, 0.25) is 0 Å². The van der Waals surface area contributed by atoms with E-state index in [2.05, 4.69) is 10.2 Å². The number of hydrogen-bond acceptors (Lipinski definition) is 3. The van der Waals surface area contributed by atoms with Gasteiger partial charge in [0.2, 0.25) is 0 Å². The van der Waals surface area contributed by atoms with Crippen LogP contribution in [0, 0.1) is 6.92 Å². The molecular weight excluding hydrogens is 266 g/mol. The zero-order chi connectivity index (χ0) is 15.4. The van der Waals surface area contributed by atoms with E-state index in [1.165, 1.54) is 0 Å². The van der Waals surface area contributed by atoms with Gasteiger partial charge in [0.1, 0.15) is 0 Å². The molecule has 21 heavy (non-hydrogen) atoms. The summed E-state index contributed by atoms with van der Waals surface area (Å²) in [7, 11) is 4.10. The summed E-state index contributed by atoms with van der Waals surface area (Å²) >= 11 is 0. The molecule has 1 aromatic carbocycles. The number of likely N-dealkylation sites (tertiary alicyclic amines) is 1. The normalized spacial score (nSPS) is 16.1. The van der Waals surface area contributed by atoms with Crippen LogP contribution in [0.1, 0.15) is 18.4 Å². The van der Waals surface area contributed by atoms with Crippen molar-refractivity contribution in [3.05, 3.63) is 29.8 Å². The minimum absolute atomic E-state index is 0.435. The quantitative estimate of drug-likeness (QED) is 0.839. The van der Waals surface area contributed by atoms with E-state index in [1.54, 1.807) is 11.0 Å². The lowest BCUT2D eigenvalue weighted by atomic mass is 10.0. The summed E-state index contributed by atoms with van der Waals surface area (Å²) in [4.78, 5) is 28.1. The number of anilines is 1. The fourth-order valence-electron chi connectivity index (χ4n) is 2.62. The second kappa shape index (κ2) is 6.72. The summed E-state index contributed by atoms with van der Waals surface area (Å²) in [5.74, 6) is -0.983. The molecule has 0 aromatic heterocycles. The minimum Gasteiger partial charge on any atom is -0.334 e. The summed E-state index contributed by atoms with van der Waals surface area (Å²) in [6, 6.07) is 7.95. The Morgan fingerprint density at radius 2 is 1.81 bits per heavy atom. The van der Waals surface area contributed by atoms with Gasteiger partial charge >= 0.3 is 11.8 Å². The predicted molar refractivity (Wildman–Crippen MR) is 83.1 cm³/mol. The average molecular weight is 289 g/mol. The van der Waals surface area contributed by atoms with Crippen LogP contribution < -0.4 is 5.32 Å². The van der Waals surface area contributed by atoms with Crippen LogP contribution in [0.25, 0.3) is 0 Å². The number of benzene rings is 1. The van der Waals surface area contributed by atoms with Gasteiger partial charge in [-0.2, -0.15) is 0 Å².